The molecule has 7 heteroatoms. The lowest BCUT2D eigenvalue weighted by molar-refractivity contribution is 0.264. The zero-order valence-electron chi connectivity index (χ0n) is 12.1. The lowest BCUT2D eigenvalue weighted by Crippen LogP contribution is -2.40. The highest BCUT2D eigenvalue weighted by Crippen LogP contribution is 2.25. The first-order chi connectivity index (χ1) is 10.6. The van der Waals surface area contributed by atoms with Crippen LogP contribution in [0.5, 0.6) is 0 Å². The number of nitrogens with one attached hydrogen (secondary N) is 1. The molecule has 0 aliphatic carbocycles. The van der Waals surface area contributed by atoms with Gasteiger partial charge >= 0.3 is 0 Å². The van der Waals surface area contributed by atoms with Gasteiger partial charge in [0.25, 0.3) is 0 Å². The van der Waals surface area contributed by atoms with E-state index in [4.69, 9.17) is 0 Å². The maximum absolute atomic E-state index is 13.3. The maximum atomic E-state index is 13.3. The Morgan fingerprint density at radius 1 is 1.36 bits per heavy atom. The van der Waals surface area contributed by atoms with Crippen LogP contribution in [0.2, 0.25) is 0 Å². The monoisotopic (exact) mass is 323 g/mol. The minimum atomic E-state index is -3.63. The number of hydrogen-bond donors (Lipinski definition) is 1. The second-order valence-corrected chi connectivity index (χ2v) is 7.55. The fourth-order valence-electron chi connectivity index (χ4n) is 2.90. The SMILES string of the molecule is O=S(=O)(c1cccc(F)c1)N1CCC[C@H](Cc2ccn[nH]2)C1. The van der Waals surface area contributed by atoms with Crippen LogP contribution >= 0.6 is 0 Å². The minimum absolute atomic E-state index is 0.0229. The molecule has 0 bridgehead atoms. The molecule has 0 amide bonds. The van der Waals surface area contributed by atoms with E-state index in [2.05, 4.69) is 10.2 Å². The third kappa shape index (κ3) is 3.20. The van der Waals surface area contributed by atoms with E-state index in [9.17, 15) is 12.8 Å². The molecule has 2 heterocycles. The molecule has 1 aromatic carbocycles. The molecule has 0 unspecified atom stereocenters. The number of piperidine rings is 1. The van der Waals surface area contributed by atoms with Gasteiger partial charge in [-0.2, -0.15) is 9.40 Å². The summed E-state index contributed by atoms with van der Waals surface area (Å²) >= 11 is 0. The van der Waals surface area contributed by atoms with Gasteiger partial charge < -0.3 is 0 Å². The van der Waals surface area contributed by atoms with E-state index in [0.29, 0.717) is 13.1 Å². The average Bonchev–Trinajstić information content (AvgIpc) is 3.00. The molecule has 22 heavy (non-hydrogen) atoms. The highest BCUT2D eigenvalue weighted by Gasteiger charge is 2.30. The molecule has 3 rings (SSSR count). The van der Waals surface area contributed by atoms with Crippen LogP contribution in [0.4, 0.5) is 4.39 Å². The number of nitrogens with zero attached hydrogens (tertiary/aromatic N) is 2. The smallest absolute Gasteiger partial charge is 0.243 e. The zero-order valence-corrected chi connectivity index (χ0v) is 12.9. The standard InChI is InChI=1S/C15H18FN3O2S/c16-13-4-1-5-15(10-13)22(20,21)19-8-2-3-12(11-19)9-14-6-7-17-18-14/h1,4-7,10,12H,2-3,8-9,11H2,(H,17,18)/t12-/m1/s1. The van der Waals surface area contributed by atoms with Crippen LogP contribution in [0, 0.1) is 11.7 Å². The Kier molecular flexibility index (Phi) is 4.26. The van der Waals surface area contributed by atoms with Crippen molar-refractivity contribution in [2.45, 2.75) is 24.2 Å². The van der Waals surface area contributed by atoms with Crippen molar-refractivity contribution in [2.24, 2.45) is 5.92 Å². The van der Waals surface area contributed by atoms with Gasteiger partial charge in [0.15, 0.2) is 0 Å². The summed E-state index contributed by atoms with van der Waals surface area (Å²) in [5.74, 6) is -0.287. The lowest BCUT2D eigenvalue weighted by Gasteiger charge is -2.31. The predicted molar refractivity (Wildman–Crippen MR) is 80.2 cm³/mol. The third-order valence-corrected chi connectivity index (χ3v) is 5.84. The predicted octanol–water partition coefficient (Wildman–Crippen LogP) is 2.19. The number of hydrogen-bond acceptors (Lipinski definition) is 3. The van der Waals surface area contributed by atoms with Gasteiger partial charge in [-0.15, -0.1) is 0 Å². The molecule has 1 saturated heterocycles. The Bertz CT molecular complexity index is 731. The number of rotatable bonds is 4. The highest BCUT2D eigenvalue weighted by molar-refractivity contribution is 7.89. The number of sulfonamides is 1. The van der Waals surface area contributed by atoms with Gasteiger partial charge in [-0.25, -0.2) is 12.8 Å². The van der Waals surface area contributed by atoms with E-state index in [1.165, 1.54) is 22.5 Å². The molecule has 1 N–H and O–H groups in total. The first-order valence-corrected chi connectivity index (χ1v) is 8.74. The molecule has 1 aliphatic rings. The molecule has 5 nitrogen and oxygen atoms in total. The molecule has 0 saturated carbocycles. The van der Waals surface area contributed by atoms with Crippen LogP contribution in [0.3, 0.4) is 0 Å². The van der Waals surface area contributed by atoms with Crippen LogP contribution < -0.4 is 0 Å². The number of H-pyrrole nitrogens is 1. The van der Waals surface area contributed by atoms with Crippen molar-refractivity contribution in [2.75, 3.05) is 13.1 Å². The van der Waals surface area contributed by atoms with Gasteiger partial charge in [0.2, 0.25) is 10.0 Å². The van der Waals surface area contributed by atoms with E-state index in [1.807, 2.05) is 6.07 Å². The second-order valence-electron chi connectivity index (χ2n) is 5.61. The Morgan fingerprint density at radius 3 is 2.95 bits per heavy atom. The Morgan fingerprint density at radius 2 is 2.23 bits per heavy atom. The summed E-state index contributed by atoms with van der Waals surface area (Å²) in [5, 5.41) is 6.82. The molecule has 0 radical (unpaired) electrons. The van der Waals surface area contributed by atoms with Crippen molar-refractivity contribution in [1.82, 2.24) is 14.5 Å². The summed E-state index contributed by atoms with van der Waals surface area (Å²) in [5.41, 5.74) is 1.01. The summed E-state index contributed by atoms with van der Waals surface area (Å²) in [6.45, 7) is 0.941. The molecule has 118 valence electrons. The molecule has 0 spiro atoms. The molecule has 1 fully saturated rings. The van der Waals surface area contributed by atoms with Crippen molar-refractivity contribution >= 4 is 10.0 Å². The Hall–Kier alpha value is -1.73. The lowest BCUT2D eigenvalue weighted by atomic mass is 9.95. The van der Waals surface area contributed by atoms with Gasteiger partial charge in [0, 0.05) is 25.0 Å². The van der Waals surface area contributed by atoms with Gasteiger partial charge in [-0.05, 0) is 49.4 Å². The molecular formula is C15H18FN3O2S. The van der Waals surface area contributed by atoms with Crippen LogP contribution in [0.25, 0.3) is 0 Å². The summed E-state index contributed by atoms with van der Waals surface area (Å²) in [6.07, 6.45) is 4.26. The van der Waals surface area contributed by atoms with Gasteiger partial charge in [-0.1, -0.05) is 6.07 Å². The third-order valence-electron chi connectivity index (χ3n) is 3.98. The molecular weight excluding hydrogens is 305 g/mol. The van der Waals surface area contributed by atoms with Crippen LogP contribution in [0.15, 0.2) is 41.4 Å². The fraction of sp³-hybridized carbons (Fsp3) is 0.400. The Labute approximate surface area is 129 Å². The van der Waals surface area contributed by atoms with Crippen LogP contribution in [-0.4, -0.2) is 36.0 Å². The van der Waals surface area contributed by atoms with Crippen molar-refractivity contribution in [3.63, 3.8) is 0 Å². The molecule has 1 aromatic heterocycles. The van der Waals surface area contributed by atoms with Crippen molar-refractivity contribution < 1.29 is 12.8 Å². The topological polar surface area (TPSA) is 66.1 Å². The second kappa shape index (κ2) is 6.18. The van der Waals surface area contributed by atoms with E-state index >= 15 is 0 Å². The number of halogens is 1. The van der Waals surface area contributed by atoms with E-state index < -0.39 is 15.8 Å². The highest BCUT2D eigenvalue weighted by atomic mass is 32.2. The Balaban J connectivity index is 1.76. The van der Waals surface area contributed by atoms with Crippen molar-refractivity contribution in [1.29, 1.82) is 0 Å². The maximum Gasteiger partial charge on any atom is 0.243 e. The number of aromatic nitrogens is 2. The van der Waals surface area contributed by atoms with E-state index in [0.717, 1.165) is 31.0 Å². The van der Waals surface area contributed by atoms with Gasteiger partial charge in [0.1, 0.15) is 5.82 Å². The van der Waals surface area contributed by atoms with Crippen LogP contribution in [-0.2, 0) is 16.4 Å². The first kappa shape index (κ1) is 15.2. The first-order valence-electron chi connectivity index (χ1n) is 7.29. The molecule has 1 atom stereocenters. The largest absolute Gasteiger partial charge is 0.283 e. The number of aromatic amines is 1. The van der Waals surface area contributed by atoms with Crippen molar-refractivity contribution in [3.8, 4) is 0 Å². The van der Waals surface area contributed by atoms with Crippen molar-refractivity contribution in [3.05, 3.63) is 48.0 Å². The molecule has 1 aliphatic heterocycles. The number of benzene rings is 1. The zero-order chi connectivity index (χ0) is 15.6. The summed E-state index contributed by atoms with van der Waals surface area (Å²) in [4.78, 5) is 0.0229. The van der Waals surface area contributed by atoms with Crippen LogP contribution in [0.1, 0.15) is 18.5 Å². The fourth-order valence-corrected chi connectivity index (χ4v) is 4.48. The normalized spacial score (nSPS) is 20.1. The quantitative estimate of drug-likeness (QED) is 0.938. The minimum Gasteiger partial charge on any atom is -0.283 e. The summed E-state index contributed by atoms with van der Waals surface area (Å²) in [6, 6.07) is 7.09. The average molecular weight is 323 g/mol. The van der Waals surface area contributed by atoms with Gasteiger partial charge in [0.05, 0.1) is 4.90 Å². The van der Waals surface area contributed by atoms with E-state index in [-0.39, 0.29) is 10.8 Å². The molecule has 2 aromatic rings. The van der Waals surface area contributed by atoms with E-state index in [1.54, 1.807) is 6.20 Å². The van der Waals surface area contributed by atoms with Gasteiger partial charge in [-0.3, -0.25) is 5.10 Å². The summed E-state index contributed by atoms with van der Waals surface area (Å²) in [7, 11) is -3.63. The summed E-state index contributed by atoms with van der Waals surface area (Å²) < 4.78 is 40.0.